The summed E-state index contributed by atoms with van der Waals surface area (Å²) in [5, 5.41) is 0. The molecule has 96 valence electrons. The van der Waals surface area contributed by atoms with E-state index in [0.29, 0.717) is 0 Å². The maximum Gasteiger partial charge on any atom is 0.303 e. The third kappa shape index (κ3) is 8.72. The Morgan fingerprint density at radius 1 is 1.31 bits per heavy atom. The molecule has 3 heteroatoms. The van der Waals surface area contributed by atoms with Crippen LogP contribution in [0.2, 0.25) is 0 Å². The van der Waals surface area contributed by atoms with E-state index in [9.17, 15) is 4.79 Å². The van der Waals surface area contributed by atoms with Crippen molar-refractivity contribution in [2.45, 2.75) is 72.0 Å². The number of unbranched alkanes of at least 4 members (excludes halogenated alkanes) is 2. The van der Waals surface area contributed by atoms with Gasteiger partial charge in [-0.15, -0.1) is 0 Å². The Hall–Kier alpha value is -0.570. The molecule has 0 spiro atoms. The highest BCUT2D eigenvalue weighted by Crippen LogP contribution is 2.18. The second-order valence-electron chi connectivity index (χ2n) is 4.95. The van der Waals surface area contributed by atoms with E-state index in [4.69, 9.17) is 9.47 Å². The maximum atomic E-state index is 10.9. The molecule has 0 bridgehead atoms. The fraction of sp³-hybridized carbons (Fsp3) is 0.923. The van der Waals surface area contributed by atoms with Crippen LogP contribution in [-0.2, 0) is 14.3 Å². The van der Waals surface area contributed by atoms with E-state index in [0.717, 1.165) is 19.4 Å². The van der Waals surface area contributed by atoms with E-state index < -0.39 is 5.60 Å². The lowest BCUT2D eigenvalue weighted by atomic mass is 10.0. The van der Waals surface area contributed by atoms with Gasteiger partial charge >= 0.3 is 5.97 Å². The smallest absolute Gasteiger partial charge is 0.303 e. The van der Waals surface area contributed by atoms with Gasteiger partial charge in [0.1, 0.15) is 5.60 Å². The third-order valence-corrected chi connectivity index (χ3v) is 2.35. The van der Waals surface area contributed by atoms with Crippen molar-refractivity contribution < 1.29 is 14.3 Å². The third-order valence-electron chi connectivity index (χ3n) is 2.35. The Labute approximate surface area is 99.5 Å². The molecule has 0 amide bonds. The van der Waals surface area contributed by atoms with Gasteiger partial charge in [0.25, 0.3) is 0 Å². The van der Waals surface area contributed by atoms with Crippen LogP contribution < -0.4 is 0 Å². The minimum Gasteiger partial charge on any atom is -0.460 e. The molecule has 0 aromatic rings. The molecular formula is C13H26O3. The maximum absolute atomic E-state index is 10.9. The van der Waals surface area contributed by atoms with Crippen LogP contribution in [0, 0.1) is 0 Å². The van der Waals surface area contributed by atoms with Gasteiger partial charge in [0.05, 0.1) is 6.10 Å². The summed E-state index contributed by atoms with van der Waals surface area (Å²) in [6, 6.07) is 0. The number of carbonyl (C=O) groups is 1. The van der Waals surface area contributed by atoms with Gasteiger partial charge in [-0.3, -0.25) is 4.79 Å². The number of hydrogen-bond acceptors (Lipinski definition) is 3. The fourth-order valence-electron chi connectivity index (χ4n) is 1.82. The molecule has 1 atom stereocenters. The zero-order valence-corrected chi connectivity index (χ0v) is 11.3. The standard InChI is InChI=1S/C13H26O3/c1-6-7-8-9-15-11(2)10-13(4,5)16-12(3)14/h11H,6-10H2,1-5H3. The largest absolute Gasteiger partial charge is 0.460 e. The molecule has 0 heterocycles. The Balaban J connectivity index is 3.75. The van der Waals surface area contributed by atoms with Crippen LogP contribution in [0.25, 0.3) is 0 Å². The van der Waals surface area contributed by atoms with Gasteiger partial charge < -0.3 is 9.47 Å². The number of esters is 1. The summed E-state index contributed by atoms with van der Waals surface area (Å²) in [7, 11) is 0. The van der Waals surface area contributed by atoms with Crippen molar-refractivity contribution in [3.8, 4) is 0 Å². The molecule has 0 saturated carbocycles. The molecule has 1 unspecified atom stereocenters. The first-order chi connectivity index (χ1) is 7.37. The van der Waals surface area contributed by atoms with Gasteiger partial charge in [0.15, 0.2) is 0 Å². The summed E-state index contributed by atoms with van der Waals surface area (Å²) in [6.07, 6.45) is 4.38. The second-order valence-corrected chi connectivity index (χ2v) is 4.95. The number of ether oxygens (including phenoxy) is 2. The SMILES string of the molecule is CCCCCOC(C)CC(C)(C)OC(C)=O. The highest BCUT2D eigenvalue weighted by atomic mass is 16.6. The van der Waals surface area contributed by atoms with Crippen molar-refractivity contribution in [3.63, 3.8) is 0 Å². The first-order valence-corrected chi connectivity index (χ1v) is 6.18. The molecule has 3 nitrogen and oxygen atoms in total. The summed E-state index contributed by atoms with van der Waals surface area (Å²) in [6.45, 7) is 10.3. The van der Waals surface area contributed by atoms with E-state index in [2.05, 4.69) is 6.92 Å². The van der Waals surface area contributed by atoms with Crippen molar-refractivity contribution in [3.05, 3.63) is 0 Å². The Kier molecular flexibility index (Phi) is 7.39. The van der Waals surface area contributed by atoms with Crippen molar-refractivity contribution in [2.75, 3.05) is 6.61 Å². The Bertz CT molecular complexity index is 199. The second kappa shape index (κ2) is 7.66. The van der Waals surface area contributed by atoms with E-state index in [-0.39, 0.29) is 12.1 Å². The average Bonchev–Trinajstić information content (AvgIpc) is 2.09. The van der Waals surface area contributed by atoms with Crippen molar-refractivity contribution >= 4 is 5.97 Å². The topological polar surface area (TPSA) is 35.5 Å². The predicted octanol–water partition coefficient (Wildman–Crippen LogP) is 3.31. The minimum atomic E-state index is -0.435. The molecule has 16 heavy (non-hydrogen) atoms. The molecule has 0 N–H and O–H groups in total. The summed E-state index contributed by atoms with van der Waals surface area (Å²) >= 11 is 0. The van der Waals surface area contributed by atoms with E-state index >= 15 is 0 Å². The van der Waals surface area contributed by atoms with Crippen LogP contribution in [0.4, 0.5) is 0 Å². The summed E-state index contributed by atoms with van der Waals surface area (Å²) in [4.78, 5) is 10.9. The van der Waals surface area contributed by atoms with Gasteiger partial charge in [-0.2, -0.15) is 0 Å². The van der Waals surface area contributed by atoms with Crippen LogP contribution >= 0.6 is 0 Å². The summed E-state index contributed by atoms with van der Waals surface area (Å²) in [5.74, 6) is -0.233. The van der Waals surface area contributed by atoms with Crippen molar-refractivity contribution in [2.24, 2.45) is 0 Å². The quantitative estimate of drug-likeness (QED) is 0.474. The van der Waals surface area contributed by atoms with Crippen LogP contribution in [0.5, 0.6) is 0 Å². The van der Waals surface area contributed by atoms with E-state index in [1.807, 2.05) is 20.8 Å². The Morgan fingerprint density at radius 2 is 1.94 bits per heavy atom. The van der Waals surface area contributed by atoms with E-state index in [1.54, 1.807) is 0 Å². The van der Waals surface area contributed by atoms with E-state index in [1.165, 1.54) is 19.8 Å². The predicted molar refractivity (Wildman–Crippen MR) is 65.4 cm³/mol. The van der Waals surface area contributed by atoms with Crippen LogP contribution in [-0.4, -0.2) is 24.3 Å². The first kappa shape index (κ1) is 15.4. The van der Waals surface area contributed by atoms with Gasteiger partial charge in [-0.1, -0.05) is 19.8 Å². The van der Waals surface area contributed by atoms with Crippen LogP contribution in [0.1, 0.15) is 60.3 Å². The monoisotopic (exact) mass is 230 g/mol. The molecule has 0 fully saturated rings. The number of hydrogen-bond donors (Lipinski definition) is 0. The minimum absolute atomic E-state index is 0.131. The van der Waals surface area contributed by atoms with Crippen LogP contribution in [0.15, 0.2) is 0 Å². The summed E-state index contributed by atoms with van der Waals surface area (Å²) in [5.41, 5.74) is -0.435. The molecule has 0 rings (SSSR count). The van der Waals surface area contributed by atoms with Gasteiger partial charge in [-0.25, -0.2) is 0 Å². The molecular weight excluding hydrogens is 204 g/mol. The average molecular weight is 230 g/mol. The zero-order chi connectivity index (χ0) is 12.6. The molecule has 0 aromatic carbocycles. The Morgan fingerprint density at radius 3 is 2.44 bits per heavy atom. The zero-order valence-electron chi connectivity index (χ0n) is 11.3. The number of rotatable bonds is 8. The highest BCUT2D eigenvalue weighted by molar-refractivity contribution is 5.66. The number of carbonyl (C=O) groups excluding carboxylic acids is 1. The lowest BCUT2D eigenvalue weighted by molar-refractivity contribution is -0.156. The van der Waals surface area contributed by atoms with Crippen molar-refractivity contribution in [1.82, 2.24) is 0 Å². The van der Waals surface area contributed by atoms with Gasteiger partial charge in [-0.05, 0) is 27.2 Å². The lowest BCUT2D eigenvalue weighted by Gasteiger charge is -2.27. The summed E-state index contributed by atoms with van der Waals surface area (Å²) < 4.78 is 10.9. The van der Waals surface area contributed by atoms with Gasteiger partial charge in [0, 0.05) is 20.0 Å². The molecule has 0 aliphatic rings. The fourth-order valence-corrected chi connectivity index (χ4v) is 1.82. The first-order valence-electron chi connectivity index (χ1n) is 6.18. The van der Waals surface area contributed by atoms with Gasteiger partial charge in [0.2, 0.25) is 0 Å². The molecule has 0 aliphatic heterocycles. The molecule has 0 radical (unpaired) electrons. The van der Waals surface area contributed by atoms with Crippen LogP contribution in [0.3, 0.4) is 0 Å². The highest BCUT2D eigenvalue weighted by Gasteiger charge is 2.24. The lowest BCUT2D eigenvalue weighted by Crippen LogP contribution is -2.32. The normalized spacial score (nSPS) is 13.6. The van der Waals surface area contributed by atoms with Crippen molar-refractivity contribution in [1.29, 1.82) is 0 Å². The molecule has 0 aliphatic carbocycles. The molecule has 0 aromatic heterocycles. The molecule has 0 saturated heterocycles.